The van der Waals surface area contributed by atoms with Gasteiger partial charge in [0.15, 0.2) is 0 Å². The molecule has 3 aromatic rings. The van der Waals surface area contributed by atoms with Crippen LogP contribution in [0.4, 0.5) is 4.39 Å². The zero-order chi connectivity index (χ0) is 22.1. The largest absolute Gasteiger partial charge is 0.336 e. The van der Waals surface area contributed by atoms with Crippen molar-refractivity contribution < 1.29 is 12.8 Å². The maximum atomic E-state index is 14.2. The number of nitrogens with zero attached hydrogens (tertiary/aromatic N) is 3. The molecule has 0 aliphatic rings. The van der Waals surface area contributed by atoms with E-state index in [0.29, 0.717) is 6.42 Å². The van der Waals surface area contributed by atoms with Crippen molar-refractivity contribution in [1.82, 2.24) is 13.9 Å². The predicted molar refractivity (Wildman–Crippen MR) is 118 cm³/mol. The number of aromatic nitrogens is 2. The molecule has 0 bridgehead atoms. The van der Waals surface area contributed by atoms with Crippen molar-refractivity contribution in [2.45, 2.75) is 31.7 Å². The van der Waals surface area contributed by atoms with Crippen LogP contribution in [0.25, 0.3) is 11.0 Å². The molecule has 160 valence electrons. The first-order chi connectivity index (χ1) is 14.1. The highest BCUT2D eigenvalue weighted by molar-refractivity contribution is 7.89. The second kappa shape index (κ2) is 8.67. The molecule has 0 radical (unpaired) electrons. The van der Waals surface area contributed by atoms with E-state index in [4.69, 9.17) is 5.73 Å². The van der Waals surface area contributed by atoms with Crippen LogP contribution in [0.5, 0.6) is 0 Å². The minimum absolute atomic E-state index is 0.102. The lowest BCUT2D eigenvalue weighted by Crippen LogP contribution is -2.22. The Kier molecular flexibility index (Phi) is 6.40. The lowest BCUT2D eigenvalue weighted by Gasteiger charge is -2.12. The highest BCUT2D eigenvalue weighted by Crippen LogP contribution is 2.28. The van der Waals surface area contributed by atoms with Gasteiger partial charge in [-0.1, -0.05) is 12.1 Å². The van der Waals surface area contributed by atoms with Crippen LogP contribution in [0.3, 0.4) is 0 Å². The van der Waals surface area contributed by atoms with Crippen LogP contribution in [0.15, 0.2) is 53.3 Å². The molecule has 2 N–H and O–H groups in total. The molecular weight excluding hydrogens is 403 g/mol. The Morgan fingerprint density at radius 2 is 1.90 bits per heavy atom. The van der Waals surface area contributed by atoms with Crippen molar-refractivity contribution in [3.63, 3.8) is 0 Å². The minimum atomic E-state index is -3.47. The van der Waals surface area contributed by atoms with Crippen molar-refractivity contribution in [3.8, 4) is 0 Å². The molecule has 1 aromatic carbocycles. The van der Waals surface area contributed by atoms with Gasteiger partial charge >= 0.3 is 0 Å². The maximum absolute atomic E-state index is 14.2. The Balaban J connectivity index is 2.02. The number of fused-ring (bicyclic) bond motifs is 1. The second-order valence-electron chi connectivity index (χ2n) is 7.53. The molecule has 0 amide bonds. The highest BCUT2D eigenvalue weighted by Gasteiger charge is 2.19. The van der Waals surface area contributed by atoms with E-state index < -0.39 is 10.0 Å². The van der Waals surface area contributed by atoms with E-state index in [1.54, 1.807) is 18.3 Å². The van der Waals surface area contributed by atoms with Crippen LogP contribution in [0.2, 0.25) is 0 Å². The molecule has 3 rings (SSSR count). The van der Waals surface area contributed by atoms with E-state index in [1.807, 2.05) is 36.6 Å². The summed E-state index contributed by atoms with van der Waals surface area (Å²) in [7, 11) is -0.456. The molecule has 2 heterocycles. The van der Waals surface area contributed by atoms with Crippen molar-refractivity contribution >= 4 is 21.1 Å². The van der Waals surface area contributed by atoms with E-state index in [0.717, 1.165) is 33.4 Å². The fourth-order valence-corrected chi connectivity index (χ4v) is 4.36. The molecule has 0 aliphatic heterocycles. The lowest BCUT2D eigenvalue weighted by atomic mass is 10.0. The summed E-state index contributed by atoms with van der Waals surface area (Å²) in [6.07, 6.45) is 3.74. The summed E-state index contributed by atoms with van der Waals surface area (Å²) in [5, 5.41) is 0. The van der Waals surface area contributed by atoms with Crippen molar-refractivity contribution in [1.29, 1.82) is 0 Å². The first-order valence-corrected chi connectivity index (χ1v) is 11.1. The molecule has 0 fully saturated rings. The number of nitrogens with two attached hydrogens (primary N) is 1. The summed E-state index contributed by atoms with van der Waals surface area (Å²) in [4.78, 5) is 4.85. The zero-order valence-corrected chi connectivity index (χ0v) is 18.5. The monoisotopic (exact) mass is 430 g/mol. The Labute approximate surface area is 176 Å². The van der Waals surface area contributed by atoms with Gasteiger partial charge in [0.25, 0.3) is 0 Å². The number of hydrogen-bond donors (Lipinski definition) is 1. The SMILES string of the molecule is Cc1cnc2c(Cc3ccc(S(=O)(=O)N(C)C)cc3)c(C)n(C/C(F)=C/CN)c2c1. The fourth-order valence-electron chi connectivity index (χ4n) is 3.46. The number of aryl methyl sites for hydroxylation is 1. The zero-order valence-electron chi connectivity index (χ0n) is 17.7. The summed E-state index contributed by atoms with van der Waals surface area (Å²) in [6, 6.07) is 8.84. The van der Waals surface area contributed by atoms with Gasteiger partial charge in [-0.3, -0.25) is 4.98 Å². The standard InChI is InChI=1S/C22H27FN4O2S/c1-15-11-21-22(25-13-15)20(16(2)27(21)14-18(23)9-10-24)12-17-5-7-19(8-6-17)30(28,29)26(3)4/h5-9,11,13H,10,12,14,24H2,1-4H3/b18-9-. The van der Waals surface area contributed by atoms with E-state index in [-0.39, 0.29) is 23.8 Å². The van der Waals surface area contributed by atoms with Crippen LogP contribution >= 0.6 is 0 Å². The summed E-state index contributed by atoms with van der Waals surface area (Å²) in [6.45, 7) is 4.16. The number of pyridine rings is 1. The Bertz CT molecular complexity index is 1200. The van der Waals surface area contributed by atoms with Crippen LogP contribution < -0.4 is 5.73 Å². The number of halogens is 1. The van der Waals surface area contributed by atoms with Gasteiger partial charge < -0.3 is 10.3 Å². The van der Waals surface area contributed by atoms with E-state index in [9.17, 15) is 12.8 Å². The molecule has 0 saturated carbocycles. The first kappa shape index (κ1) is 22.1. The molecular formula is C22H27FN4O2S. The maximum Gasteiger partial charge on any atom is 0.242 e. The van der Waals surface area contributed by atoms with Gasteiger partial charge in [0.1, 0.15) is 5.83 Å². The Hall–Kier alpha value is -2.55. The Morgan fingerprint density at radius 3 is 2.50 bits per heavy atom. The van der Waals surface area contributed by atoms with Crippen molar-refractivity contribution in [2.24, 2.45) is 5.73 Å². The number of rotatable bonds is 7. The third-order valence-corrected chi connectivity index (χ3v) is 6.98. The van der Waals surface area contributed by atoms with Gasteiger partial charge in [0.2, 0.25) is 10.0 Å². The number of allylic oxidation sites excluding steroid dienone is 1. The summed E-state index contributed by atoms with van der Waals surface area (Å²) in [5.74, 6) is -0.288. The number of benzene rings is 1. The van der Waals surface area contributed by atoms with E-state index in [1.165, 1.54) is 24.5 Å². The van der Waals surface area contributed by atoms with Crippen LogP contribution in [0.1, 0.15) is 22.4 Å². The van der Waals surface area contributed by atoms with Gasteiger partial charge in [0, 0.05) is 44.5 Å². The lowest BCUT2D eigenvalue weighted by molar-refractivity contribution is 0.520. The smallest absolute Gasteiger partial charge is 0.242 e. The minimum Gasteiger partial charge on any atom is -0.336 e. The highest BCUT2D eigenvalue weighted by atomic mass is 32.2. The average molecular weight is 431 g/mol. The average Bonchev–Trinajstić information content (AvgIpc) is 2.93. The van der Waals surface area contributed by atoms with Crippen LogP contribution in [0, 0.1) is 13.8 Å². The molecule has 30 heavy (non-hydrogen) atoms. The second-order valence-corrected chi connectivity index (χ2v) is 9.68. The van der Waals surface area contributed by atoms with Crippen molar-refractivity contribution in [2.75, 3.05) is 20.6 Å². The third-order valence-electron chi connectivity index (χ3n) is 5.15. The molecule has 0 saturated heterocycles. The molecule has 0 aliphatic carbocycles. The quantitative estimate of drug-likeness (QED) is 0.624. The first-order valence-electron chi connectivity index (χ1n) is 9.65. The van der Waals surface area contributed by atoms with Crippen LogP contribution in [-0.4, -0.2) is 42.9 Å². The van der Waals surface area contributed by atoms with Gasteiger partial charge in [-0.2, -0.15) is 0 Å². The van der Waals surface area contributed by atoms with Gasteiger partial charge in [-0.05, 0) is 49.2 Å². The summed E-state index contributed by atoms with van der Waals surface area (Å²) >= 11 is 0. The molecule has 2 aromatic heterocycles. The van der Waals surface area contributed by atoms with E-state index >= 15 is 0 Å². The molecule has 0 atom stereocenters. The van der Waals surface area contributed by atoms with Crippen molar-refractivity contribution in [3.05, 3.63) is 70.8 Å². The fraction of sp³-hybridized carbons (Fsp3) is 0.318. The molecule has 0 spiro atoms. The molecule has 6 nitrogen and oxygen atoms in total. The normalized spacial score (nSPS) is 12.8. The summed E-state index contributed by atoms with van der Waals surface area (Å²) < 4.78 is 41.9. The third kappa shape index (κ3) is 4.30. The molecule has 0 unspecified atom stereocenters. The van der Waals surface area contributed by atoms with E-state index in [2.05, 4.69) is 4.98 Å². The predicted octanol–water partition coefficient (Wildman–Crippen LogP) is 3.31. The molecule has 8 heteroatoms. The topological polar surface area (TPSA) is 81.2 Å². The van der Waals surface area contributed by atoms with Gasteiger partial charge in [-0.15, -0.1) is 0 Å². The van der Waals surface area contributed by atoms with Gasteiger partial charge in [0.05, 0.1) is 22.5 Å². The van der Waals surface area contributed by atoms with Gasteiger partial charge in [-0.25, -0.2) is 17.1 Å². The number of hydrogen-bond acceptors (Lipinski definition) is 4. The van der Waals surface area contributed by atoms with Crippen LogP contribution in [-0.2, 0) is 23.0 Å². The summed E-state index contributed by atoms with van der Waals surface area (Å²) in [5.41, 5.74) is 11.0. The Morgan fingerprint density at radius 1 is 1.23 bits per heavy atom. The number of sulfonamides is 1.